The molecule has 2 amide bonds. The number of amides is 2. The summed E-state index contributed by atoms with van der Waals surface area (Å²) in [5, 5.41) is 12.8. The maximum Gasteiger partial charge on any atom is 0.312 e. The minimum absolute atomic E-state index is 0.200. The Morgan fingerprint density at radius 3 is 2.82 bits per heavy atom. The van der Waals surface area contributed by atoms with Crippen molar-refractivity contribution in [2.75, 3.05) is 13.7 Å². The van der Waals surface area contributed by atoms with Gasteiger partial charge in [-0.15, -0.1) is 0 Å². The molecule has 2 aliphatic rings. The molecular formula is C14H18N2O6. The lowest BCUT2D eigenvalue weighted by atomic mass is 9.96. The third kappa shape index (κ3) is 2.68. The van der Waals surface area contributed by atoms with Gasteiger partial charge in [-0.3, -0.25) is 0 Å². The number of nitrogens with two attached hydrogens (primary N) is 1. The summed E-state index contributed by atoms with van der Waals surface area (Å²) in [5.41, 5.74) is 5.20. The lowest BCUT2D eigenvalue weighted by Crippen LogP contribution is -2.67. The highest BCUT2D eigenvalue weighted by atomic mass is 16.7. The van der Waals surface area contributed by atoms with Gasteiger partial charge >= 0.3 is 6.03 Å². The van der Waals surface area contributed by atoms with Crippen LogP contribution >= 0.6 is 0 Å². The highest BCUT2D eigenvalue weighted by Crippen LogP contribution is 2.35. The number of aliphatic hydroxyl groups excluding tert-OH is 1. The van der Waals surface area contributed by atoms with E-state index in [0.29, 0.717) is 11.5 Å². The predicted octanol–water partition coefficient (Wildman–Crippen LogP) is -0.404. The fraction of sp³-hybridized carbons (Fsp3) is 0.500. The van der Waals surface area contributed by atoms with Crippen molar-refractivity contribution in [3.05, 3.63) is 24.3 Å². The zero-order valence-electron chi connectivity index (χ0n) is 12.0. The van der Waals surface area contributed by atoms with Crippen molar-refractivity contribution in [1.82, 2.24) is 5.32 Å². The molecule has 2 aliphatic heterocycles. The standard InChI is InChI=1S/C14H18N2O6/c1-19-13-11(17)10(16-14(15)18)12-9(22-13)6-20-7-4-2-3-5-8(7)21-12/h2-5,9-13,17H,6H2,1H3,(H3,15,16,18)/t9-,10-,11+,12-,13-/m0/s1. The Labute approximate surface area is 127 Å². The van der Waals surface area contributed by atoms with Crippen LogP contribution in [0.4, 0.5) is 4.79 Å². The van der Waals surface area contributed by atoms with E-state index < -0.39 is 36.7 Å². The maximum atomic E-state index is 11.2. The van der Waals surface area contributed by atoms with Gasteiger partial charge in [0, 0.05) is 7.11 Å². The largest absolute Gasteiger partial charge is 0.487 e. The van der Waals surface area contributed by atoms with E-state index in [1.54, 1.807) is 18.2 Å². The Morgan fingerprint density at radius 2 is 2.14 bits per heavy atom. The molecule has 120 valence electrons. The number of carbonyl (C=O) groups excluding carboxylic acids is 1. The van der Waals surface area contributed by atoms with Gasteiger partial charge in [0.25, 0.3) is 0 Å². The minimum atomic E-state index is -1.12. The molecule has 0 bridgehead atoms. The lowest BCUT2D eigenvalue weighted by Gasteiger charge is -2.42. The summed E-state index contributed by atoms with van der Waals surface area (Å²) in [6.07, 6.45) is -3.22. The fourth-order valence-corrected chi connectivity index (χ4v) is 2.72. The second kappa shape index (κ2) is 5.99. The van der Waals surface area contributed by atoms with Gasteiger partial charge in [-0.25, -0.2) is 4.79 Å². The van der Waals surface area contributed by atoms with Crippen LogP contribution in [0.3, 0.4) is 0 Å². The van der Waals surface area contributed by atoms with E-state index in [1.807, 2.05) is 6.07 Å². The van der Waals surface area contributed by atoms with Gasteiger partial charge in [-0.1, -0.05) is 12.1 Å². The number of primary amides is 1. The topological polar surface area (TPSA) is 112 Å². The Balaban J connectivity index is 1.91. The highest BCUT2D eigenvalue weighted by Gasteiger charge is 2.49. The number of fused-ring (bicyclic) bond motifs is 2. The average Bonchev–Trinajstić information content (AvgIpc) is 2.69. The molecule has 1 fully saturated rings. The van der Waals surface area contributed by atoms with E-state index in [0.717, 1.165) is 0 Å². The molecule has 8 nitrogen and oxygen atoms in total. The Kier molecular flexibility index (Phi) is 4.06. The quantitative estimate of drug-likeness (QED) is 0.685. The first-order chi connectivity index (χ1) is 10.6. The van der Waals surface area contributed by atoms with Crippen LogP contribution in [-0.4, -0.2) is 55.5 Å². The number of methoxy groups -OCH3 is 1. The average molecular weight is 310 g/mol. The number of para-hydroxylation sites is 2. The van der Waals surface area contributed by atoms with Crippen molar-refractivity contribution in [3.8, 4) is 11.5 Å². The number of hydrogen-bond donors (Lipinski definition) is 3. The Bertz CT molecular complexity index is 554. The molecule has 2 heterocycles. The molecule has 1 saturated heterocycles. The Morgan fingerprint density at radius 1 is 1.41 bits per heavy atom. The van der Waals surface area contributed by atoms with Crippen LogP contribution < -0.4 is 20.5 Å². The molecule has 0 saturated carbocycles. The van der Waals surface area contributed by atoms with Crippen LogP contribution in [-0.2, 0) is 9.47 Å². The molecular weight excluding hydrogens is 292 g/mol. The number of aliphatic hydroxyl groups is 1. The highest BCUT2D eigenvalue weighted by molar-refractivity contribution is 5.72. The first kappa shape index (κ1) is 14.9. The van der Waals surface area contributed by atoms with E-state index in [-0.39, 0.29) is 6.61 Å². The van der Waals surface area contributed by atoms with Crippen LogP contribution in [0.5, 0.6) is 11.5 Å². The summed E-state index contributed by atoms with van der Waals surface area (Å²) in [5.74, 6) is 1.08. The summed E-state index contributed by atoms with van der Waals surface area (Å²) in [6.45, 7) is 0.200. The van der Waals surface area contributed by atoms with Gasteiger partial charge in [-0.2, -0.15) is 0 Å². The van der Waals surface area contributed by atoms with Gasteiger partial charge in [-0.05, 0) is 12.1 Å². The van der Waals surface area contributed by atoms with Crippen LogP contribution in [0.1, 0.15) is 0 Å². The molecule has 8 heteroatoms. The van der Waals surface area contributed by atoms with Gasteiger partial charge in [0.15, 0.2) is 23.9 Å². The van der Waals surface area contributed by atoms with Gasteiger partial charge in [0.1, 0.15) is 24.9 Å². The number of rotatable bonds is 2. The first-order valence-corrected chi connectivity index (χ1v) is 6.91. The van der Waals surface area contributed by atoms with Crippen LogP contribution in [0, 0.1) is 0 Å². The number of benzene rings is 1. The van der Waals surface area contributed by atoms with Crippen LogP contribution in [0.25, 0.3) is 0 Å². The van der Waals surface area contributed by atoms with Gasteiger partial charge in [0.2, 0.25) is 0 Å². The number of hydrogen-bond acceptors (Lipinski definition) is 6. The molecule has 5 atom stereocenters. The van der Waals surface area contributed by atoms with E-state index in [4.69, 9.17) is 24.7 Å². The zero-order chi connectivity index (χ0) is 15.7. The number of nitrogens with one attached hydrogen (secondary N) is 1. The molecule has 0 aliphatic carbocycles. The van der Waals surface area contributed by atoms with Crippen molar-refractivity contribution in [1.29, 1.82) is 0 Å². The summed E-state index contributed by atoms with van der Waals surface area (Å²) < 4.78 is 22.3. The van der Waals surface area contributed by atoms with E-state index in [1.165, 1.54) is 7.11 Å². The van der Waals surface area contributed by atoms with Crippen molar-refractivity contribution in [2.24, 2.45) is 5.73 Å². The van der Waals surface area contributed by atoms with E-state index in [2.05, 4.69) is 5.32 Å². The lowest BCUT2D eigenvalue weighted by molar-refractivity contribution is -0.262. The molecule has 0 radical (unpaired) electrons. The minimum Gasteiger partial charge on any atom is -0.487 e. The van der Waals surface area contributed by atoms with Crippen LogP contribution in [0.15, 0.2) is 24.3 Å². The smallest absolute Gasteiger partial charge is 0.312 e. The number of urea groups is 1. The monoisotopic (exact) mass is 310 g/mol. The first-order valence-electron chi connectivity index (χ1n) is 6.91. The van der Waals surface area contributed by atoms with Gasteiger partial charge < -0.3 is 35.1 Å². The number of carbonyl (C=O) groups is 1. The van der Waals surface area contributed by atoms with E-state index >= 15 is 0 Å². The summed E-state index contributed by atoms with van der Waals surface area (Å²) in [4.78, 5) is 11.2. The van der Waals surface area contributed by atoms with Crippen molar-refractivity contribution < 1.29 is 28.8 Å². The zero-order valence-corrected chi connectivity index (χ0v) is 12.0. The normalized spacial score (nSPS) is 33.5. The molecule has 0 aromatic heterocycles. The summed E-state index contributed by atoms with van der Waals surface area (Å²) in [6, 6.07) is 5.60. The van der Waals surface area contributed by atoms with E-state index in [9.17, 15) is 9.90 Å². The van der Waals surface area contributed by atoms with Crippen molar-refractivity contribution >= 4 is 6.03 Å². The fourth-order valence-electron chi connectivity index (χ4n) is 2.72. The number of ether oxygens (including phenoxy) is 4. The molecule has 0 unspecified atom stereocenters. The van der Waals surface area contributed by atoms with Crippen molar-refractivity contribution in [3.63, 3.8) is 0 Å². The van der Waals surface area contributed by atoms with Gasteiger partial charge in [0.05, 0.1) is 0 Å². The molecule has 22 heavy (non-hydrogen) atoms. The third-order valence-corrected chi connectivity index (χ3v) is 3.73. The maximum absolute atomic E-state index is 11.2. The summed E-state index contributed by atoms with van der Waals surface area (Å²) in [7, 11) is 1.41. The molecule has 3 rings (SSSR count). The summed E-state index contributed by atoms with van der Waals surface area (Å²) >= 11 is 0. The third-order valence-electron chi connectivity index (χ3n) is 3.73. The second-order valence-corrected chi connectivity index (χ2v) is 5.14. The SMILES string of the molecule is CO[C@H]1O[C@H]2COc3ccccc3O[C@@H]2[C@@H](NC(N)=O)[C@H]1O. The molecule has 1 aromatic rings. The van der Waals surface area contributed by atoms with Crippen LogP contribution in [0.2, 0.25) is 0 Å². The molecule has 0 spiro atoms. The van der Waals surface area contributed by atoms with Crippen molar-refractivity contribution in [2.45, 2.75) is 30.6 Å². The molecule has 1 aromatic carbocycles. The Hall–Kier alpha value is -2.03. The predicted molar refractivity (Wildman–Crippen MR) is 74.5 cm³/mol. The molecule has 4 N–H and O–H groups in total. The second-order valence-electron chi connectivity index (χ2n) is 5.14.